The fourth-order valence-electron chi connectivity index (χ4n) is 4.77. The number of esters is 1. The molecule has 1 amide bonds. The molecule has 1 aromatic heterocycles. The van der Waals surface area contributed by atoms with Crippen LogP contribution in [0.5, 0.6) is 0 Å². The molecule has 2 bridgehead atoms. The fourth-order valence-corrected chi connectivity index (χ4v) is 6.18. The molecule has 3 fully saturated rings. The molecule has 1 aromatic rings. The third-order valence-corrected chi connectivity index (χ3v) is 7.63. The molecule has 1 N–H and O–H groups in total. The number of carbonyl (C=O) groups is 2. The maximum Gasteiger partial charge on any atom is 0.341 e. The average Bonchev–Trinajstić information content (AvgIpc) is 2.98. The van der Waals surface area contributed by atoms with Gasteiger partial charge in [-0.3, -0.25) is 9.69 Å². The number of carbonyl (C=O) groups excluding carboxylic acids is 2. The second-order valence-electron chi connectivity index (χ2n) is 9.07. The van der Waals surface area contributed by atoms with Crippen molar-refractivity contribution in [1.29, 1.82) is 0 Å². The number of fused-ring (bicyclic) bond motifs is 4. The minimum absolute atomic E-state index is 0.0283. The Morgan fingerprint density at radius 2 is 1.93 bits per heavy atom. The van der Waals surface area contributed by atoms with Crippen LogP contribution in [-0.4, -0.2) is 73.2 Å². The monoisotopic (exact) mass is 406 g/mol. The van der Waals surface area contributed by atoms with Crippen molar-refractivity contribution in [3.63, 3.8) is 0 Å². The van der Waals surface area contributed by atoms with Crippen molar-refractivity contribution >= 4 is 28.2 Å². The van der Waals surface area contributed by atoms with Gasteiger partial charge in [0.1, 0.15) is 5.00 Å². The Labute approximate surface area is 171 Å². The van der Waals surface area contributed by atoms with Gasteiger partial charge in [0.25, 0.3) is 5.91 Å². The van der Waals surface area contributed by atoms with Crippen molar-refractivity contribution in [2.24, 2.45) is 5.92 Å². The summed E-state index contributed by atoms with van der Waals surface area (Å²) in [6.45, 7) is 12.9. The van der Waals surface area contributed by atoms with Crippen LogP contribution in [0.15, 0.2) is 0 Å². The highest BCUT2D eigenvalue weighted by Crippen LogP contribution is 2.40. The topological polar surface area (TPSA) is 58.6 Å². The molecule has 1 aliphatic carbocycles. The predicted octanol–water partition coefficient (Wildman–Crippen LogP) is 2.52. The zero-order valence-electron chi connectivity index (χ0n) is 17.3. The number of nitrogens with zero attached hydrogens (tertiary/aromatic N) is 2. The van der Waals surface area contributed by atoms with E-state index in [9.17, 15) is 9.59 Å². The van der Waals surface area contributed by atoms with Gasteiger partial charge in [0.15, 0.2) is 6.54 Å². The second kappa shape index (κ2) is 7.76. The maximum atomic E-state index is 13.0. The zero-order chi connectivity index (χ0) is 19.9. The maximum absolute atomic E-state index is 13.0. The van der Waals surface area contributed by atoms with Gasteiger partial charge in [0, 0.05) is 24.5 Å². The molecular weight excluding hydrogens is 374 g/mol. The molecule has 28 heavy (non-hydrogen) atoms. The molecule has 0 spiro atoms. The lowest BCUT2D eigenvalue weighted by Gasteiger charge is -2.50. The summed E-state index contributed by atoms with van der Waals surface area (Å²) in [6, 6.07) is 0. The number of thiophene rings is 1. The second-order valence-corrected chi connectivity index (χ2v) is 10.2. The van der Waals surface area contributed by atoms with Gasteiger partial charge in [-0.05, 0) is 44.6 Å². The molecular formula is C21H32N3O3S+. The van der Waals surface area contributed by atoms with Gasteiger partial charge in [0.05, 0.1) is 31.3 Å². The van der Waals surface area contributed by atoms with Crippen molar-refractivity contribution < 1.29 is 18.8 Å². The summed E-state index contributed by atoms with van der Waals surface area (Å²) in [5, 5.41) is 3.81. The van der Waals surface area contributed by atoms with E-state index < -0.39 is 0 Å². The lowest BCUT2D eigenvalue weighted by molar-refractivity contribution is -0.933. The summed E-state index contributed by atoms with van der Waals surface area (Å²) in [7, 11) is 0. The standard InChI is InChI=1S/C21H31N3O3S/c1-14(2)27-21(26)19-16-5-4-15(3)12-17(16)28-20(19)22-18(25)13-24-9-6-23(7-10-24)8-11-24/h14-15H,4-13H2,1-3H3/p+1/t15-/m0/s1. The van der Waals surface area contributed by atoms with E-state index >= 15 is 0 Å². The summed E-state index contributed by atoms with van der Waals surface area (Å²) in [4.78, 5) is 29.5. The van der Waals surface area contributed by atoms with Crippen LogP contribution in [0.25, 0.3) is 0 Å². The molecule has 3 saturated heterocycles. The number of hydrogen-bond acceptors (Lipinski definition) is 5. The molecule has 0 radical (unpaired) electrons. The molecule has 1 atom stereocenters. The minimum atomic E-state index is -0.295. The highest BCUT2D eigenvalue weighted by Gasteiger charge is 2.40. The van der Waals surface area contributed by atoms with E-state index in [0.29, 0.717) is 23.0 Å². The summed E-state index contributed by atoms with van der Waals surface area (Å²) in [6.07, 6.45) is 2.78. The number of nitrogens with one attached hydrogen (secondary N) is 1. The normalized spacial score (nSPS) is 28.9. The number of ether oxygens (including phenoxy) is 1. The Hall–Kier alpha value is -1.44. The highest BCUT2D eigenvalue weighted by molar-refractivity contribution is 7.17. The van der Waals surface area contributed by atoms with Gasteiger partial charge in [0.2, 0.25) is 0 Å². The van der Waals surface area contributed by atoms with Crippen LogP contribution in [0.4, 0.5) is 5.00 Å². The minimum Gasteiger partial charge on any atom is -0.459 e. The quantitative estimate of drug-likeness (QED) is 0.603. The molecule has 0 unspecified atom stereocenters. The van der Waals surface area contributed by atoms with Crippen molar-refractivity contribution in [3.05, 3.63) is 16.0 Å². The number of quaternary nitrogens is 1. The first-order valence-electron chi connectivity index (χ1n) is 10.6. The SMILES string of the molecule is CC(C)OC(=O)c1c(NC(=O)C[N+]23CCN(CC2)CC3)sc2c1CC[C@H](C)C2. The average molecular weight is 407 g/mol. The van der Waals surface area contributed by atoms with Gasteiger partial charge in [-0.25, -0.2) is 4.79 Å². The van der Waals surface area contributed by atoms with E-state index in [-0.39, 0.29) is 18.0 Å². The molecule has 6 nitrogen and oxygen atoms in total. The Balaban J connectivity index is 1.54. The van der Waals surface area contributed by atoms with Crippen LogP contribution in [0.2, 0.25) is 0 Å². The molecule has 0 saturated carbocycles. The van der Waals surface area contributed by atoms with E-state index in [1.807, 2.05) is 13.8 Å². The smallest absolute Gasteiger partial charge is 0.341 e. The van der Waals surface area contributed by atoms with Crippen LogP contribution in [0.1, 0.15) is 48.0 Å². The Morgan fingerprint density at radius 3 is 2.57 bits per heavy atom. The van der Waals surface area contributed by atoms with Gasteiger partial charge < -0.3 is 14.5 Å². The number of rotatable bonds is 5. The van der Waals surface area contributed by atoms with Crippen molar-refractivity contribution in [1.82, 2.24) is 4.90 Å². The molecule has 154 valence electrons. The molecule has 4 aliphatic rings. The van der Waals surface area contributed by atoms with Gasteiger partial charge in [-0.2, -0.15) is 0 Å². The summed E-state index contributed by atoms with van der Waals surface area (Å²) in [5.74, 6) is 0.350. The van der Waals surface area contributed by atoms with Crippen molar-refractivity contribution in [3.8, 4) is 0 Å². The first kappa shape index (κ1) is 19.9. The fraction of sp³-hybridized carbons (Fsp3) is 0.714. The summed E-state index contributed by atoms with van der Waals surface area (Å²) in [5.41, 5.74) is 1.71. The van der Waals surface area contributed by atoms with E-state index in [1.54, 1.807) is 11.3 Å². The first-order chi connectivity index (χ1) is 13.3. The van der Waals surface area contributed by atoms with Gasteiger partial charge in [-0.15, -0.1) is 11.3 Å². The van der Waals surface area contributed by atoms with E-state index in [2.05, 4.69) is 17.1 Å². The number of hydrogen-bond donors (Lipinski definition) is 1. The lowest BCUT2D eigenvalue weighted by Crippen LogP contribution is -2.68. The molecule has 3 aliphatic heterocycles. The molecule has 0 aromatic carbocycles. The molecule has 4 heterocycles. The third kappa shape index (κ3) is 3.98. The number of piperazine rings is 3. The van der Waals surface area contributed by atoms with Crippen LogP contribution < -0.4 is 5.32 Å². The van der Waals surface area contributed by atoms with E-state index in [0.717, 1.165) is 68.6 Å². The third-order valence-electron chi connectivity index (χ3n) is 6.46. The van der Waals surface area contributed by atoms with Gasteiger partial charge in [-0.1, -0.05) is 6.92 Å². The Bertz CT molecular complexity index is 751. The van der Waals surface area contributed by atoms with Crippen LogP contribution in [0, 0.1) is 5.92 Å². The Morgan fingerprint density at radius 1 is 1.25 bits per heavy atom. The van der Waals surface area contributed by atoms with E-state index in [4.69, 9.17) is 4.74 Å². The van der Waals surface area contributed by atoms with E-state index in [1.165, 1.54) is 4.88 Å². The summed E-state index contributed by atoms with van der Waals surface area (Å²) >= 11 is 1.58. The number of amides is 1. The highest BCUT2D eigenvalue weighted by atomic mass is 32.1. The molecule has 5 rings (SSSR count). The van der Waals surface area contributed by atoms with Crippen molar-refractivity contribution in [2.75, 3.05) is 51.1 Å². The molecule has 7 heteroatoms. The Kier molecular flexibility index (Phi) is 5.51. The summed E-state index contributed by atoms with van der Waals surface area (Å²) < 4.78 is 6.40. The van der Waals surface area contributed by atoms with Gasteiger partial charge >= 0.3 is 5.97 Å². The van der Waals surface area contributed by atoms with Crippen LogP contribution >= 0.6 is 11.3 Å². The largest absolute Gasteiger partial charge is 0.459 e. The van der Waals surface area contributed by atoms with Crippen LogP contribution in [0.3, 0.4) is 0 Å². The lowest BCUT2D eigenvalue weighted by atomic mass is 9.88. The predicted molar refractivity (Wildman–Crippen MR) is 111 cm³/mol. The first-order valence-corrected chi connectivity index (χ1v) is 11.4. The zero-order valence-corrected chi connectivity index (χ0v) is 18.1. The van der Waals surface area contributed by atoms with Crippen LogP contribution in [-0.2, 0) is 22.4 Å². The number of anilines is 1. The van der Waals surface area contributed by atoms with Crippen molar-refractivity contribution in [2.45, 2.75) is 46.1 Å².